The maximum Gasteiger partial charge on any atom is 0.261 e. The van der Waals surface area contributed by atoms with Gasteiger partial charge < -0.3 is 5.32 Å². The maximum atomic E-state index is 13.6. The first-order valence-corrected chi connectivity index (χ1v) is 6.36. The van der Waals surface area contributed by atoms with E-state index < -0.39 is 23.1 Å². The van der Waals surface area contributed by atoms with Gasteiger partial charge in [-0.2, -0.15) is 5.10 Å². The number of hydrogen-bond acceptors (Lipinski definition) is 3. The lowest BCUT2D eigenvalue weighted by atomic mass is 10.1. The van der Waals surface area contributed by atoms with E-state index in [1.165, 1.54) is 12.3 Å². The Hall–Kier alpha value is -3.09. The van der Waals surface area contributed by atoms with Crippen molar-refractivity contribution in [3.05, 3.63) is 66.1 Å². The summed E-state index contributed by atoms with van der Waals surface area (Å²) in [6.07, 6.45) is 4.54. The van der Waals surface area contributed by atoms with Crippen molar-refractivity contribution < 1.29 is 13.6 Å². The number of hydrogen-bond donors (Lipinski definition) is 2. The van der Waals surface area contributed by atoms with Crippen LogP contribution in [0.4, 0.5) is 14.5 Å². The van der Waals surface area contributed by atoms with Crippen molar-refractivity contribution in [1.29, 1.82) is 0 Å². The van der Waals surface area contributed by atoms with Crippen LogP contribution in [0.3, 0.4) is 0 Å². The van der Waals surface area contributed by atoms with Crippen LogP contribution in [0, 0.1) is 11.6 Å². The molecule has 0 aliphatic heterocycles. The molecular formula is C15H10F2N4O. The predicted molar refractivity (Wildman–Crippen MR) is 76.1 cm³/mol. The Balaban J connectivity index is 1.92. The van der Waals surface area contributed by atoms with Gasteiger partial charge in [0.1, 0.15) is 17.2 Å². The average Bonchev–Trinajstić information content (AvgIpc) is 2.96. The molecule has 3 aromatic rings. The quantitative estimate of drug-likeness (QED) is 0.781. The van der Waals surface area contributed by atoms with Gasteiger partial charge in [0.05, 0.1) is 17.6 Å². The second-order valence-electron chi connectivity index (χ2n) is 4.45. The summed E-state index contributed by atoms with van der Waals surface area (Å²) in [6.45, 7) is 0. The Kier molecular flexibility index (Phi) is 3.61. The molecule has 0 bridgehead atoms. The van der Waals surface area contributed by atoms with Crippen LogP contribution in [0.2, 0.25) is 0 Å². The van der Waals surface area contributed by atoms with Crippen LogP contribution in [0.5, 0.6) is 0 Å². The fraction of sp³-hybridized carbons (Fsp3) is 0. The molecule has 0 aliphatic carbocycles. The number of anilines is 1. The van der Waals surface area contributed by atoms with Gasteiger partial charge in [0.25, 0.3) is 5.91 Å². The Morgan fingerprint density at radius 2 is 1.86 bits per heavy atom. The monoisotopic (exact) mass is 300 g/mol. The van der Waals surface area contributed by atoms with E-state index >= 15 is 0 Å². The molecule has 2 N–H and O–H groups in total. The normalized spacial score (nSPS) is 10.5. The molecule has 110 valence electrons. The van der Waals surface area contributed by atoms with E-state index in [2.05, 4.69) is 20.5 Å². The highest BCUT2D eigenvalue weighted by Crippen LogP contribution is 2.25. The Morgan fingerprint density at radius 1 is 1.09 bits per heavy atom. The van der Waals surface area contributed by atoms with E-state index in [1.54, 1.807) is 24.5 Å². The Labute approximate surface area is 124 Å². The number of halogens is 2. The molecule has 0 aliphatic rings. The minimum absolute atomic E-state index is 0.306. The van der Waals surface area contributed by atoms with Gasteiger partial charge in [-0.15, -0.1) is 0 Å². The van der Waals surface area contributed by atoms with Crippen LogP contribution in [0.1, 0.15) is 10.4 Å². The number of rotatable bonds is 3. The molecule has 0 atom stereocenters. The van der Waals surface area contributed by atoms with Crippen LogP contribution in [-0.4, -0.2) is 21.1 Å². The summed E-state index contributed by atoms with van der Waals surface area (Å²) in [4.78, 5) is 16.1. The predicted octanol–water partition coefficient (Wildman–Crippen LogP) is 3.00. The largest absolute Gasteiger partial charge is 0.319 e. The van der Waals surface area contributed by atoms with E-state index in [-0.39, 0.29) is 0 Å². The second-order valence-corrected chi connectivity index (χ2v) is 4.45. The molecule has 0 fully saturated rings. The van der Waals surface area contributed by atoms with Crippen LogP contribution >= 0.6 is 0 Å². The zero-order valence-electron chi connectivity index (χ0n) is 11.2. The molecule has 0 spiro atoms. The van der Waals surface area contributed by atoms with Crippen LogP contribution in [0.25, 0.3) is 11.3 Å². The SMILES string of the molecule is O=C(Nc1cn[nH]c1-c1cccnc1)c1c(F)cccc1F. The van der Waals surface area contributed by atoms with Gasteiger partial charge in [-0.05, 0) is 24.3 Å². The molecule has 0 saturated carbocycles. The highest BCUT2D eigenvalue weighted by molar-refractivity contribution is 6.06. The van der Waals surface area contributed by atoms with E-state index in [0.29, 0.717) is 16.9 Å². The number of aromatic nitrogens is 3. The molecule has 1 aromatic carbocycles. The molecule has 0 unspecified atom stereocenters. The van der Waals surface area contributed by atoms with Gasteiger partial charge in [0.15, 0.2) is 0 Å². The number of carbonyl (C=O) groups excluding carboxylic acids is 1. The number of benzene rings is 1. The lowest BCUT2D eigenvalue weighted by Crippen LogP contribution is -2.16. The van der Waals surface area contributed by atoms with Crippen molar-refractivity contribution in [2.45, 2.75) is 0 Å². The topological polar surface area (TPSA) is 70.7 Å². The van der Waals surface area contributed by atoms with Gasteiger partial charge in [-0.1, -0.05) is 6.07 Å². The van der Waals surface area contributed by atoms with Crippen molar-refractivity contribution in [1.82, 2.24) is 15.2 Å². The highest BCUT2D eigenvalue weighted by atomic mass is 19.1. The van der Waals surface area contributed by atoms with Gasteiger partial charge in [-0.25, -0.2) is 8.78 Å². The summed E-state index contributed by atoms with van der Waals surface area (Å²) in [5.74, 6) is -2.74. The lowest BCUT2D eigenvalue weighted by Gasteiger charge is -2.07. The zero-order chi connectivity index (χ0) is 15.5. The summed E-state index contributed by atoms with van der Waals surface area (Å²) >= 11 is 0. The number of aromatic amines is 1. The van der Waals surface area contributed by atoms with Crippen LogP contribution < -0.4 is 5.32 Å². The van der Waals surface area contributed by atoms with Crippen molar-refractivity contribution in [3.63, 3.8) is 0 Å². The van der Waals surface area contributed by atoms with Crippen LogP contribution in [-0.2, 0) is 0 Å². The van der Waals surface area contributed by atoms with E-state index in [0.717, 1.165) is 12.1 Å². The summed E-state index contributed by atoms with van der Waals surface area (Å²) in [5.41, 5.74) is 0.851. The van der Waals surface area contributed by atoms with E-state index in [4.69, 9.17) is 0 Å². The van der Waals surface area contributed by atoms with Gasteiger partial charge >= 0.3 is 0 Å². The third kappa shape index (κ3) is 2.56. The number of H-pyrrole nitrogens is 1. The molecule has 7 heteroatoms. The first kappa shape index (κ1) is 13.9. The molecule has 0 saturated heterocycles. The zero-order valence-corrected chi connectivity index (χ0v) is 11.2. The molecule has 5 nitrogen and oxygen atoms in total. The third-order valence-corrected chi connectivity index (χ3v) is 3.03. The summed E-state index contributed by atoms with van der Waals surface area (Å²) in [5, 5.41) is 9.00. The van der Waals surface area contributed by atoms with Gasteiger partial charge in [0.2, 0.25) is 0 Å². The Bertz CT molecular complexity index is 797. The second kappa shape index (κ2) is 5.72. The number of nitrogens with zero attached hydrogens (tertiary/aromatic N) is 2. The van der Waals surface area contributed by atoms with Gasteiger partial charge in [0, 0.05) is 18.0 Å². The number of pyridine rings is 1. The molecule has 22 heavy (non-hydrogen) atoms. The van der Waals surface area contributed by atoms with E-state index in [1.807, 2.05) is 0 Å². The number of nitrogens with one attached hydrogen (secondary N) is 2. The summed E-state index contributed by atoms with van der Waals surface area (Å²) < 4.78 is 27.2. The minimum atomic E-state index is -0.927. The van der Waals surface area contributed by atoms with Crippen molar-refractivity contribution >= 4 is 11.6 Å². The smallest absolute Gasteiger partial charge is 0.261 e. The maximum absolute atomic E-state index is 13.6. The van der Waals surface area contributed by atoms with Crippen molar-refractivity contribution in [2.75, 3.05) is 5.32 Å². The van der Waals surface area contributed by atoms with Crippen molar-refractivity contribution in [2.24, 2.45) is 0 Å². The molecule has 0 radical (unpaired) electrons. The number of carbonyl (C=O) groups is 1. The first-order chi connectivity index (χ1) is 10.7. The third-order valence-electron chi connectivity index (χ3n) is 3.03. The fourth-order valence-electron chi connectivity index (χ4n) is 2.01. The summed E-state index contributed by atoms with van der Waals surface area (Å²) in [6, 6.07) is 6.73. The average molecular weight is 300 g/mol. The molecule has 2 aromatic heterocycles. The molecule has 3 rings (SSSR count). The minimum Gasteiger partial charge on any atom is -0.319 e. The fourth-order valence-corrected chi connectivity index (χ4v) is 2.01. The number of amides is 1. The van der Waals surface area contributed by atoms with E-state index in [9.17, 15) is 13.6 Å². The first-order valence-electron chi connectivity index (χ1n) is 6.36. The standard InChI is InChI=1S/C15H10F2N4O/c16-10-4-1-5-11(17)13(10)15(22)20-12-8-19-21-14(12)9-3-2-6-18-7-9/h1-8H,(H,19,21)(H,20,22). The highest BCUT2D eigenvalue weighted by Gasteiger charge is 2.19. The Morgan fingerprint density at radius 3 is 2.55 bits per heavy atom. The molecular weight excluding hydrogens is 290 g/mol. The molecule has 1 amide bonds. The summed E-state index contributed by atoms with van der Waals surface area (Å²) in [7, 11) is 0. The van der Waals surface area contributed by atoms with Crippen molar-refractivity contribution in [3.8, 4) is 11.3 Å². The molecule has 2 heterocycles. The van der Waals surface area contributed by atoms with Gasteiger partial charge in [-0.3, -0.25) is 14.9 Å². The lowest BCUT2D eigenvalue weighted by molar-refractivity contribution is 0.101. The van der Waals surface area contributed by atoms with Crippen LogP contribution in [0.15, 0.2) is 48.9 Å².